The Morgan fingerprint density at radius 2 is 2.22 bits per heavy atom. The lowest BCUT2D eigenvalue weighted by Gasteiger charge is -2.41. The molecule has 0 aromatic heterocycles. The van der Waals surface area contributed by atoms with Gasteiger partial charge in [-0.2, -0.15) is 11.8 Å². The van der Waals surface area contributed by atoms with E-state index in [0.717, 1.165) is 29.4 Å². The molecular weight excluding hydrogens is 266 g/mol. The molecule has 0 amide bonds. The number of hydrogen-bond acceptors (Lipinski definition) is 4. The van der Waals surface area contributed by atoms with Crippen LogP contribution in [0.4, 0.5) is 5.69 Å². The van der Waals surface area contributed by atoms with E-state index in [0.29, 0.717) is 5.96 Å². The number of nitrogens with two attached hydrogens (primary N) is 1. The first-order chi connectivity index (χ1) is 8.73. The van der Waals surface area contributed by atoms with Crippen LogP contribution in [0.3, 0.4) is 0 Å². The van der Waals surface area contributed by atoms with E-state index in [4.69, 9.17) is 17.3 Å². The summed E-state index contributed by atoms with van der Waals surface area (Å²) in [6.45, 7) is 0.789. The predicted octanol–water partition coefficient (Wildman–Crippen LogP) is 2.74. The summed E-state index contributed by atoms with van der Waals surface area (Å²) in [5, 5.41) is 0.743. The molecule has 2 aliphatic heterocycles. The number of rotatable bonds is 1. The van der Waals surface area contributed by atoms with Crippen molar-refractivity contribution in [2.45, 2.75) is 18.4 Å². The van der Waals surface area contributed by atoms with Gasteiger partial charge in [-0.1, -0.05) is 23.7 Å². The van der Waals surface area contributed by atoms with Crippen LogP contribution in [0.5, 0.6) is 0 Å². The van der Waals surface area contributed by atoms with Crippen LogP contribution in [0.2, 0.25) is 5.02 Å². The number of halogens is 1. The molecular formula is C13H16ClN3S. The van der Waals surface area contributed by atoms with Crippen molar-refractivity contribution in [1.29, 1.82) is 0 Å². The number of benzene rings is 1. The summed E-state index contributed by atoms with van der Waals surface area (Å²) in [6.07, 6.45) is 2.35. The topological polar surface area (TPSA) is 41.6 Å². The van der Waals surface area contributed by atoms with Gasteiger partial charge in [-0.15, -0.1) is 0 Å². The molecule has 0 bridgehead atoms. The van der Waals surface area contributed by atoms with Gasteiger partial charge in [0, 0.05) is 5.75 Å². The Bertz CT molecular complexity index is 483. The van der Waals surface area contributed by atoms with Crippen molar-refractivity contribution in [2.75, 3.05) is 23.0 Å². The Kier molecular flexibility index (Phi) is 3.16. The highest BCUT2D eigenvalue weighted by Gasteiger charge is 2.44. The molecule has 0 aliphatic carbocycles. The Hall–Kier alpha value is -0.870. The highest BCUT2D eigenvalue weighted by Crippen LogP contribution is 2.40. The lowest BCUT2D eigenvalue weighted by atomic mass is 9.93. The second-order valence-electron chi connectivity index (χ2n) is 4.84. The molecule has 0 radical (unpaired) electrons. The van der Waals surface area contributed by atoms with Crippen molar-refractivity contribution < 1.29 is 0 Å². The Labute approximate surface area is 116 Å². The molecule has 0 saturated carbocycles. The fraction of sp³-hybridized carbons (Fsp3) is 0.462. The van der Waals surface area contributed by atoms with Crippen LogP contribution in [0.25, 0.3) is 0 Å². The number of guanidine groups is 1. The standard InChI is InChI=1S/C13H16ClN3S/c14-10-4-1-2-5-11(10)17-12(15)16-8-13(17)6-3-7-18-9-13/h1-2,4-5H,3,6-9H2,(H2,15,16). The van der Waals surface area contributed by atoms with Gasteiger partial charge in [0.25, 0.3) is 0 Å². The molecule has 5 heteroatoms. The highest BCUT2D eigenvalue weighted by atomic mass is 35.5. The van der Waals surface area contributed by atoms with E-state index >= 15 is 0 Å². The Balaban J connectivity index is 2.01. The summed E-state index contributed by atoms with van der Waals surface area (Å²) in [6, 6.07) is 7.87. The molecule has 1 fully saturated rings. The molecule has 2 N–H and O–H groups in total. The minimum absolute atomic E-state index is 0.0397. The third-order valence-corrected chi connectivity index (χ3v) is 5.27. The van der Waals surface area contributed by atoms with E-state index in [-0.39, 0.29) is 5.54 Å². The summed E-state index contributed by atoms with van der Waals surface area (Å²) >= 11 is 8.30. The first kappa shape index (κ1) is 12.2. The van der Waals surface area contributed by atoms with Gasteiger partial charge in [0.15, 0.2) is 5.96 Å². The number of nitrogens with zero attached hydrogens (tertiary/aromatic N) is 2. The summed E-state index contributed by atoms with van der Waals surface area (Å²) in [7, 11) is 0. The number of anilines is 1. The van der Waals surface area contributed by atoms with Gasteiger partial charge in [-0.05, 0) is 30.7 Å². The molecule has 96 valence electrons. The maximum Gasteiger partial charge on any atom is 0.196 e. The van der Waals surface area contributed by atoms with Gasteiger partial charge in [-0.25, -0.2) is 0 Å². The van der Waals surface area contributed by atoms with E-state index < -0.39 is 0 Å². The lowest BCUT2D eigenvalue weighted by Crippen LogP contribution is -2.55. The van der Waals surface area contributed by atoms with Gasteiger partial charge in [0.1, 0.15) is 0 Å². The zero-order valence-electron chi connectivity index (χ0n) is 10.1. The number of thioether (sulfide) groups is 1. The van der Waals surface area contributed by atoms with E-state index in [9.17, 15) is 0 Å². The smallest absolute Gasteiger partial charge is 0.196 e. The van der Waals surface area contributed by atoms with Crippen molar-refractivity contribution in [3.8, 4) is 0 Å². The molecule has 3 nitrogen and oxygen atoms in total. The Morgan fingerprint density at radius 1 is 1.39 bits per heavy atom. The van der Waals surface area contributed by atoms with Gasteiger partial charge >= 0.3 is 0 Å². The first-order valence-corrected chi connectivity index (χ1v) is 7.69. The maximum atomic E-state index is 6.31. The second kappa shape index (κ2) is 4.67. The normalized spacial score (nSPS) is 27.6. The molecule has 1 aromatic carbocycles. The van der Waals surface area contributed by atoms with E-state index in [1.54, 1.807) is 0 Å². The van der Waals surface area contributed by atoms with Crippen molar-refractivity contribution in [1.82, 2.24) is 0 Å². The van der Waals surface area contributed by atoms with Gasteiger partial charge < -0.3 is 10.6 Å². The third-order valence-electron chi connectivity index (χ3n) is 3.63. The highest BCUT2D eigenvalue weighted by molar-refractivity contribution is 7.99. The molecule has 1 saturated heterocycles. The Morgan fingerprint density at radius 3 is 2.94 bits per heavy atom. The van der Waals surface area contributed by atoms with Gasteiger partial charge in [0.05, 0.1) is 22.8 Å². The van der Waals surface area contributed by atoms with Crippen molar-refractivity contribution in [3.05, 3.63) is 29.3 Å². The lowest BCUT2D eigenvalue weighted by molar-refractivity contribution is 0.457. The van der Waals surface area contributed by atoms with E-state index in [1.165, 1.54) is 12.2 Å². The fourth-order valence-corrected chi connectivity index (χ4v) is 4.22. The van der Waals surface area contributed by atoms with Crippen molar-refractivity contribution in [2.24, 2.45) is 10.7 Å². The predicted molar refractivity (Wildman–Crippen MR) is 79.7 cm³/mol. The van der Waals surface area contributed by atoms with E-state index in [2.05, 4.69) is 9.89 Å². The van der Waals surface area contributed by atoms with Gasteiger partial charge in [0.2, 0.25) is 0 Å². The quantitative estimate of drug-likeness (QED) is 0.861. The van der Waals surface area contributed by atoms with Crippen LogP contribution in [0.1, 0.15) is 12.8 Å². The number of aliphatic imine (C=N–C) groups is 1. The van der Waals surface area contributed by atoms with Crippen molar-refractivity contribution in [3.63, 3.8) is 0 Å². The van der Waals surface area contributed by atoms with E-state index in [1.807, 2.05) is 36.0 Å². The summed E-state index contributed by atoms with van der Waals surface area (Å²) in [5.74, 6) is 2.91. The molecule has 1 aromatic rings. The summed E-state index contributed by atoms with van der Waals surface area (Å²) in [5.41, 5.74) is 7.12. The molecule has 2 aliphatic rings. The monoisotopic (exact) mass is 281 g/mol. The number of hydrogen-bond donors (Lipinski definition) is 1. The maximum absolute atomic E-state index is 6.31. The average Bonchev–Trinajstić information content (AvgIpc) is 2.69. The SMILES string of the molecule is NC1=NCC2(CCCSC2)N1c1ccccc1Cl. The molecule has 3 rings (SSSR count). The molecule has 1 unspecified atom stereocenters. The van der Waals surface area contributed by atoms with Crippen LogP contribution >= 0.6 is 23.4 Å². The third kappa shape index (κ3) is 1.88. The summed E-state index contributed by atoms with van der Waals surface area (Å²) < 4.78 is 0. The van der Waals surface area contributed by atoms with Crippen LogP contribution in [-0.4, -0.2) is 29.5 Å². The minimum Gasteiger partial charge on any atom is -0.369 e. The van der Waals surface area contributed by atoms with Crippen LogP contribution in [-0.2, 0) is 0 Å². The molecule has 2 heterocycles. The molecule has 1 atom stereocenters. The fourth-order valence-electron chi connectivity index (χ4n) is 2.76. The molecule has 18 heavy (non-hydrogen) atoms. The second-order valence-corrected chi connectivity index (χ2v) is 6.35. The first-order valence-electron chi connectivity index (χ1n) is 6.15. The zero-order valence-corrected chi connectivity index (χ0v) is 11.7. The minimum atomic E-state index is 0.0397. The summed E-state index contributed by atoms with van der Waals surface area (Å²) in [4.78, 5) is 6.61. The average molecular weight is 282 g/mol. The van der Waals surface area contributed by atoms with Crippen LogP contribution < -0.4 is 10.6 Å². The largest absolute Gasteiger partial charge is 0.369 e. The number of para-hydroxylation sites is 1. The van der Waals surface area contributed by atoms with Crippen molar-refractivity contribution >= 4 is 35.0 Å². The molecule has 1 spiro atoms. The zero-order chi connectivity index (χ0) is 12.6. The van der Waals surface area contributed by atoms with Gasteiger partial charge in [-0.3, -0.25) is 4.99 Å². The van der Waals surface area contributed by atoms with Crippen LogP contribution in [0, 0.1) is 0 Å². The van der Waals surface area contributed by atoms with Crippen LogP contribution in [0.15, 0.2) is 29.3 Å².